The fraction of sp³-hybridized carbons (Fsp3) is 0.111. The Bertz CT molecular complexity index is 1440. The monoisotopic (exact) mass is 437 g/mol. The quantitative estimate of drug-likeness (QED) is 0.251. The second kappa shape index (κ2) is 5.84. The first kappa shape index (κ1) is 17.1. The fourth-order valence-electron chi connectivity index (χ4n) is 5.06. The molecule has 5 aromatic rings. The predicted octanol–water partition coefficient (Wildman–Crippen LogP) is 7.85. The van der Waals surface area contributed by atoms with Gasteiger partial charge in [0.25, 0.3) is 0 Å². The van der Waals surface area contributed by atoms with Gasteiger partial charge in [0, 0.05) is 26.3 Å². The Morgan fingerprint density at radius 2 is 1.45 bits per heavy atom. The zero-order valence-corrected chi connectivity index (χ0v) is 18.0. The van der Waals surface area contributed by atoms with E-state index in [0.717, 1.165) is 4.47 Å². The third-order valence-electron chi connectivity index (χ3n) is 6.44. The topological polar surface area (TPSA) is 4.93 Å². The summed E-state index contributed by atoms with van der Waals surface area (Å²) in [7, 11) is 0. The van der Waals surface area contributed by atoms with Crippen molar-refractivity contribution in [1.82, 2.24) is 4.57 Å². The average Bonchev–Trinajstić information content (AvgIpc) is 3.17. The van der Waals surface area contributed by atoms with Gasteiger partial charge in [0.1, 0.15) is 0 Å². The van der Waals surface area contributed by atoms with Crippen LogP contribution in [-0.4, -0.2) is 4.57 Å². The van der Waals surface area contributed by atoms with Gasteiger partial charge in [-0.25, -0.2) is 0 Å². The molecule has 0 unspecified atom stereocenters. The molecule has 1 aliphatic carbocycles. The predicted molar refractivity (Wildman–Crippen MR) is 126 cm³/mol. The first-order chi connectivity index (χ1) is 14.1. The molecule has 0 bridgehead atoms. The molecule has 1 aliphatic rings. The lowest BCUT2D eigenvalue weighted by Crippen LogP contribution is -2.14. The Morgan fingerprint density at radius 1 is 0.655 bits per heavy atom. The molecule has 0 N–H and O–H groups in total. The minimum absolute atomic E-state index is 0.0130. The minimum Gasteiger partial charge on any atom is -0.309 e. The summed E-state index contributed by atoms with van der Waals surface area (Å²) in [6.07, 6.45) is 0. The van der Waals surface area contributed by atoms with Crippen LogP contribution in [0.5, 0.6) is 0 Å². The van der Waals surface area contributed by atoms with Gasteiger partial charge in [0.05, 0.1) is 11.0 Å². The van der Waals surface area contributed by atoms with Crippen molar-refractivity contribution in [3.63, 3.8) is 0 Å². The normalized spacial score (nSPS) is 14.3. The molecule has 6 rings (SSSR count). The lowest BCUT2D eigenvalue weighted by molar-refractivity contribution is 0.661. The molecule has 0 fully saturated rings. The smallest absolute Gasteiger partial charge is 0.0547 e. The summed E-state index contributed by atoms with van der Waals surface area (Å²) in [4.78, 5) is 0. The maximum atomic E-state index is 3.65. The van der Waals surface area contributed by atoms with E-state index in [2.05, 4.69) is 119 Å². The van der Waals surface area contributed by atoms with E-state index in [0.29, 0.717) is 0 Å². The van der Waals surface area contributed by atoms with Crippen molar-refractivity contribution in [2.45, 2.75) is 19.3 Å². The highest BCUT2D eigenvalue weighted by atomic mass is 79.9. The van der Waals surface area contributed by atoms with Crippen LogP contribution in [-0.2, 0) is 5.41 Å². The maximum Gasteiger partial charge on any atom is 0.0547 e. The van der Waals surface area contributed by atoms with Crippen molar-refractivity contribution in [3.8, 4) is 16.8 Å². The molecule has 0 radical (unpaired) electrons. The number of halogens is 1. The van der Waals surface area contributed by atoms with E-state index in [9.17, 15) is 0 Å². The van der Waals surface area contributed by atoms with Crippen molar-refractivity contribution >= 4 is 37.7 Å². The molecule has 0 spiro atoms. The Kier molecular flexibility index (Phi) is 3.43. The van der Waals surface area contributed by atoms with Gasteiger partial charge in [-0.1, -0.05) is 78.3 Å². The average molecular weight is 438 g/mol. The van der Waals surface area contributed by atoms with Crippen LogP contribution in [0.1, 0.15) is 25.0 Å². The van der Waals surface area contributed by atoms with Gasteiger partial charge in [-0.3, -0.25) is 0 Å². The van der Waals surface area contributed by atoms with Gasteiger partial charge in [0.15, 0.2) is 0 Å². The summed E-state index contributed by atoms with van der Waals surface area (Å²) in [5.74, 6) is 0. The molecule has 29 heavy (non-hydrogen) atoms. The van der Waals surface area contributed by atoms with Crippen molar-refractivity contribution in [2.24, 2.45) is 0 Å². The van der Waals surface area contributed by atoms with Crippen LogP contribution in [0.2, 0.25) is 0 Å². The number of hydrogen-bond donors (Lipinski definition) is 0. The fourth-order valence-corrected chi connectivity index (χ4v) is 5.44. The summed E-state index contributed by atoms with van der Waals surface area (Å²) >= 11 is 3.65. The molecule has 2 heteroatoms. The largest absolute Gasteiger partial charge is 0.309 e. The summed E-state index contributed by atoms with van der Waals surface area (Å²) in [6, 6.07) is 31.0. The molecule has 140 valence electrons. The Morgan fingerprint density at radius 3 is 2.31 bits per heavy atom. The van der Waals surface area contributed by atoms with E-state index >= 15 is 0 Å². The Labute approximate surface area is 178 Å². The van der Waals surface area contributed by atoms with E-state index < -0.39 is 0 Å². The lowest BCUT2D eigenvalue weighted by Gasteiger charge is -2.21. The third kappa shape index (κ3) is 2.27. The molecule has 0 saturated carbocycles. The van der Waals surface area contributed by atoms with Gasteiger partial charge in [-0.05, 0) is 58.7 Å². The molecule has 0 saturated heterocycles. The molecule has 1 nitrogen and oxygen atoms in total. The number of para-hydroxylation sites is 1. The molecule has 1 heterocycles. The number of benzene rings is 4. The standard InChI is InChI=1S/C27H20BrN/c1-27(2)23-12-5-3-10-19(23)21-16-26-22(15-24(21)27)20-11-4-6-13-25(20)29(26)18-9-7-8-17(28)14-18/h3-16H,1-2H3. The minimum atomic E-state index is 0.0130. The van der Waals surface area contributed by atoms with Gasteiger partial charge >= 0.3 is 0 Å². The summed E-state index contributed by atoms with van der Waals surface area (Å²) in [5.41, 5.74) is 9.25. The lowest BCUT2D eigenvalue weighted by atomic mass is 9.82. The van der Waals surface area contributed by atoms with E-state index in [1.54, 1.807) is 0 Å². The van der Waals surface area contributed by atoms with Gasteiger partial charge < -0.3 is 4.57 Å². The third-order valence-corrected chi connectivity index (χ3v) is 6.94. The molecule has 4 aromatic carbocycles. The SMILES string of the molecule is CC1(C)c2ccccc2-c2cc3c(cc21)c1ccccc1n3-c1cccc(Br)c1. The number of aromatic nitrogens is 1. The van der Waals surface area contributed by atoms with Crippen LogP contribution in [0.3, 0.4) is 0 Å². The number of nitrogens with zero attached hydrogens (tertiary/aromatic N) is 1. The molecule has 0 atom stereocenters. The van der Waals surface area contributed by atoms with Gasteiger partial charge in [-0.2, -0.15) is 0 Å². The van der Waals surface area contributed by atoms with Gasteiger partial charge in [0.2, 0.25) is 0 Å². The highest BCUT2D eigenvalue weighted by Crippen LogP contribution is 2.50. The molecule has 0 amide bonds. The number of hydrogen-bond acceptors (Lipinski definition) is 0. The second-order valence-electron chi connectivity index (χ2n) is 8.42. The van der Waals surface area contributed by atoms with Crippen molar-refractivity contribution in [2.75, 3.05) is 0 Å². The van der Waals surface area contributed by atoms with Gasteiger partial charge in [-0.15, -0.1) is 0 Å². The van der Waals surface area contributed by atoms with Crippen LogP contribution in [0.4, 0.5) is 0 Å². The number of rotatable bonds is 1. The Balaban J connectivity index is 1.79. The van der Waals surface area contributed by atoms with Crippen LogP contribution < -0.4 is 0 Å². The molecule has 0 aliphatic heterocycles. The number of fused-ring (bicyclic) bond motifs is 6. The highest BCUT2D eigenvalue weighted by molar-refractivity contribution is 9.10. The van der Waals surface area contributed by atoms with E-state index in [4.69, 9.17) is 0 Å². The van der Waals surface area contributed by atoms with E-state index in [1.165, 1.54) is 49.7 Å². The van der Waals surface area contributed by atoms with Crippen molar-refractivity contribution in [1.29, 1.82) is 0 Å². The second-order valence-corrected chi connectivity index (χ2v) is 9.33. The van der Waals surface area contributed by atoms with Crippen LogP contribution in [0.15, 0.2) is 89.4 Å². The van der Waals surface area contributed by atoms with Crippen molar-refractivity contribution < 1.29 is 0 Å². The Hall–Kier alpha value is -2.84. The molecule has 1 aromatic heterocycles. The zero-order chi connectivity index (χ0) is 19.8. The first-order valence-corrected chi connectivity index (χ1v) is 10.8. The van der Waals surface area contributed by atoms with Crippen LogP contribution in [0, 0.1) is 0 Å². The van der Waals surface area contributed by atoms with E-state index in [-0.39, 0.29) is 5.41 Å². The van der Waals surface area contributed by atoms with E-state index in [1.807, 2.05) is 0 Å². The summed E-state index contributed by atoms with van der Waals surface area (Å²) < 4.78 is 3.48. The zero-order valence-electron chi connectivity index (χ0n) is 16.4. The van der Waals surface area contributed by atoms with Crippen LogP contribution in [0.25, 0.3) is 38.6 Å². The molecular formula is C27H20BrN. The highest BCUT2D eigenvalue weighted by Gasteiger charge is 2.36. The van der Waals surface area contributed by atoms with Crippen molar-refractivity contribution in [3.05, 3.63) is 101 Å². The first-order valence-electron chi connectivity index (χ1n) is 9.99. The molecular weight excluding hydrogens is 418 g/mol. The maximum absolute atomic E-state index is 3.65. The summed E-state index contributed by atoms with van der Waals surface area (Å²) in [5, 5.41) is 2.62. The summed E-state index contributed by atoms with van der Waals surface area (Å²) in [6.45, 7) is 4.69. The van der Waals surface area contributed by atoms with Crippen LogP contribution >= 0.6 is 15.9 Å².